The lowest BCUT2D eigenvalue weighted by molar-refractivity contribution is -0.305. The Bertz CT molecular complexity index is 1390. The Morgan fingerprint density at radius 1 is 0.527 bits per heavy atom. The molecule has 1 aliphatic heterocycles. The molecule has 74 heavy (non-hydrogen) atoms. The number of hydrogen-bond acceptors (Lipinski definition) is 10. The first-order valence-corrected chi connectivity index (χ1v) is 30.9. The molecule has 0 saturated carbocycles. The molecule has 1 rings (SSSR count). The number of rotatable bonds is 52. The molecule has 0 bridgehead atoms. The van der Waals surface area contributed by atoms with Crippen molar-refractivity contribution in [1.29, 1.82) is 0 Å². The number of carbonyl (C=O) groups excluding carboxylic acids is 2. The molecular weight excluding hydrogens is 931 g/mol. The van der Waals surface area contributed by atoms with E-state index in [0.717, 1.165) is 44.9 Å². The van der Waals surface area contributed by atoms with Crippen LogP contribution in [0.25, 0.3) is 0 Å². The van der Waals surface area contributed by atoms with E-state index in [4.69, 9.17) is 14.2 Å². The van der Waals surface area contributed by atoms with Gasteiger partial charge >= 0.3 is 5.97 Å². The summed E-state index contributed by atoms with van der Waals surface area (Å²) in [5.41, 5.74) is 0. The summed E-state index contributed by atoms with van der Waals surface area (Å²) in [4.78, 5) is 26.5. The van der Waals surface area contributed by atoms with Crippen molar-refractivity contribution in [2.75, 3.05) is 13.2 Å². The summed E-state index contributed by atoms with van der Waals surface area (Å²) < 4.78 is 17.6. The van der Waals surface area contributed by atoms with E-state index in [1.54, 1.807) is 12.2 Å². The zero-order valence-corrected chi connectivity index (χ0v) is 47.7. The van der Waals surface area contributed by atoms with E-state index in [9.17, 15) is 35.1 Å². The van der Waals surface area contributed by atoms with Gasteiger partial charge in [0, 0.05) is 12.8 Å². The maximum Gasteiger partial charge on any atom is 0.306 e. The Morgan fingerprint density at radius 3 is 1.39 bits per heavy atom. The highest BCUT2D eigenvalue weighted by atomic mass is 16.7. The van der Waals surface area contributed by atoms with Gasteiger partial charge in [-0.25, -0.2) is 0 Å². The molecule has 1 aliphatic rings. The quantitative estimate of drug-likeness (QED) is 0.0195. The van der Waals surface area contributed by atoms with Crippen LogP contribution in [-0.4, -0.2) is 99.6 Å². The minimum absolute atomic E-state index is 0.0827. The molecule has 11 heteroatoms. The first kappa shape index (κ1) is 69.6. The third kappa shape index (κ3) is 39.1. The Balaban J connectivity index is 2.66. The van der Waals surface area contributed by atoms with E-state index < -0.39 is 67.4 Å². The van der Waals surface area contributed by atoms with Crippen molar-refractivity contribution in [2.45, 2.75) is 327 Å². The molecule has 1 heterocycles. The number of hydrogen-bond donors (Lipinski definition) is 6. The predicted molar refractivity (Wildman–Crippen MR) is 306 cm³/mol. The molecule has 11 nitrogen and oxygen atoms in total. The molecular formula is C63H115NO10. The lowest BCUT2D eigenvalue weighted by Crippen LogP contribution is -2.61. The topological polar surface area (TPSA) is 175 Å². The van der Waals surface area contributed by atoms with Gasteiger partial charge in [0.25, 0.3) is 0 Å². The van der Waals surface area contributed by atoms with Crippen LogP contribution in [0.4, 0.5) is 0 Å². The number of nitrogens with one attached hydrogen (secondary N) is 1. The highest BCUT2D eigenvalue weighted by Crippen LogP contribution is 2.26. The van der Waals surface area contributed by atoms with Crippen LogP contribution in [0.15, 0.2) is 48.6 Å². The second-order valence-corrected chi connectivity index (χ2v) is 21.4. The number of carbonyl (C=O) groups is 2. The fourth-order valence-electron chi connectivity index (χ4n) is 9.51. The molecule has 432 valence electrons. The van der Waals surface area contributed by atoms with Gasteiger partial charge < -0.3 is 45.1 Å². The molecule has 6 N–H and O–H groups in total. The van der Waals surface area contributed by atoms with E-state index in [1.807, 2.05) is 12.2 Å². The third-order valence-electron chi connectivity index (χ3n) is 14.5. The maximum absolute atomic E-state index is 13.3. The molecule has 8 unspecified atom stereocenters. The number of allylic oxidation sites excluding steroid dienone is 6. The highest BCUT2D eigenvalue weighted by molar-refractivity contribution is 5.81. The molecule has 1 amide bonds. The number of esters is 1. The van der Waals surface area contributed by atoms with Gasteiger partial charge in [-0.15, -0.1) is 0 Å². The number of ether oxygens (including phenoxy) is 3. The first-order valence-electron chi connectivity index (χ1n) is 30.9. The summed E-state index contributed by atoms with van der Waals surface area (Å²) in [6, 6.07) is -1.05. The average molecular weight is 1050 g/mol. The van der Waals surface area contributed by atoms with Crippen LogP contribution in [0.2, 0.25) is 0 Å². The van der Waals surface area contributed by atoms with E-state index in [0.29, 0.717) is 12.8 Å². The van der Waals surface area contributed by atoms with Gasteiger partial charge in [-0.3, -0.25) is 9.59 Å². The van der Waals surface area contributed by atoms with Gasteiger partial charge in [-0.1, -0.05) is 249 Å². The van der Waals surface area contributed by atoms with Gasteiger partial charge in [0.2, 0.25) is 5.91 Å². The van der Waals surface area contributed by atoms with Crippen molar-refractivity contribution in [3.05, 3.63) is 48.6 Å². The van der Waals surface area contributed by atoms with Crippen molar-refractivity contribution in [3.8, 4) is 0 Å². The monoisotopic (exact) mass is 1050 g/mol. The second kappa shape index (κ2) is 51.4. The first-order chi connectivity index (χ1) is 36.2. The fourth-order valence-corrected chi connectivity index (χ4v) is 9.51. The second-order valence-electron chi connectivity index (χ2n) is 21.4. The summed E-state index contributed by atoms with van der Waals surface area (Å²) >= 11 is 0. The Hall–Kier alpha value is -2.38. The standard InChI is InChI=1S/C63H115NO10/c1-4-7-10-13-16-19-22-25-26-27-28-29-30-31-32-33-36-39-42-45-48-51-58(68)74-61-60(70)59(69)57(52-65)73-63(61)72-53-54(55(66)49-46-43-40-37-34-23-20-17-14-11-8-5-2)64-62(71)56(67)50-47-44-41-38-35-24-21-18-15-12-9-6-3/h25-26,35,38,44,46-47,49,54-57,59-61,63,65-67,69-70H,4-24,27-34,36-37,39-43,45,48,50-53H2,1-3H3,(H,64,71)/b26-25+,38-35-,47-44+,49-46+. The number of aliphatic hydroxyl groups is 5. The minimum Gasteiger partial charge on any atom is -0.454 e. The lowest BCUT2D eigenvalue weighted by atomic mass is 9.99. The summed E-state index contributed by atoms with van der Waals surface area (Å²) in [6.07, 6.45) is 51.8. The van der Waals surface area contributed by atoms with Crippen molar-refractivity contribution < 1.29 is 49.3 Å². The van der Waals surface area contributed by atoms with Gasteiger partial charge in [-0.05, 0) is 64.2 Å². The Labute approximate surface area is 453 Å². The molecule has 8 atom stereocenters. The molecule has 0 aromatic heterocycles. The normalized spacial score (nSPS) is 19.6. The highest BCUT2D eigenvalue weighted by Gasteiger charge is 2.47. The van der Waals surface area contributed by atoms with Crippen molar-refractivity contribution in [2.24, 2.45) is 0 Å². The number of unbranched alkanes of at least 4 members (excludes halogenated alkanes) is 33. The van der Waals surface area contributed by atoms with E-state index in [1.165, 1.54) is 186 Å². The van der Waals surface area contributed by atoms with Crippen LogP contribution >= 0.6 is 0 Å². The molecule has 0 aromatic rings. The van der Waals surface area contributed by atoms with E-state index in [2.05, 4.69) is 50.4 Å². The largest absolute Gasteiger partial charge is 0.454 e. The molecule has 1 saturated heterocycles. The zero-order valence-electron chi connectivity index (χ0n) is 47.7. The zero-order chi connectivity index (χ0) is 54.0. The Morgan fingerprint density at radius 2 is 0.932 bits per heavy atom. The summed E-state index contributed by atoms with van der Waals surface area (Å²) in [5, 5.41) is 56.8. The molecule has 0 radical (unpaired) electrons. The maximum atomic E-state index is 13.3. The minimum atomic E-state index is -1.62. The van der Waals surface area contributed by atoms with Gasteiger partial charge in [0.15, 0.2) is 12.4 Å². The van der Waals surface area contributed by atoms with Crippen LogP contribution < -0.4 is 5.32 Å². The number of amides is 1. The Kier molecular flexibility index (Phi) is 48.3. The fraction of sp³-hybridized carbons (Fsp3) is 0.841. The van der Waals surface area contributed by atoms with Crippen LogP contribution in [0.3, 0.4) is 0 Å². The molecule has 0 aliphatic carbocycles. The van der Waals surface area contributed by atoms with Crippen LogP contribution in [0, 0.1) is 0 Å². The van der Waals surface area contributed by atoms with Crippen molar-refractivity contribution >= 4 is 11.9 Å². The molecule has 1 fully saturated rings. The smallest absolute Gasteiger partial charge is 0.306 e. The molecule has 0 spiro atoms. The lowest BCUT2D eigenvalue weighted by Gasteiger charge is -2.41. The van der Waals surface area contributed by atoms with Crippen molar-refractivity contribution in [1.82, 2.24) is 5.32 Å². The van der Waals surface area contributed by atoms with E-state index >= 15 is 0 Å². The third-order valence-corrected chi connectivity index (χ3v) is 14.5. The summed E-state index contributed by atoms with van der Waals surface area (Å²) in [7, 11) is 0. The van der Waals surface area contributed by atoms with Gasteiger partial charge in [0.1, 0.15) is 24.4 Å². The SMILES string of the molecule is CCCCCCCC/C=C\C/C=C/CC(O)C(=O)NC(COC1OC(CO)C(O)C(O)C1OC(=O)CCCCCCCCCCCCC/C=C/CCCCCCCC)C(O)/C=C/CCCCCCCCCCCC. The van der Waals surface area contributed by atoms with Crippen LogP contribution in [0.5, 0.6) is 0 Å². The predicted octanol–water partition coefficient (Wildman–Crippen LogP) is 14.4. The number of aliphatic hydroxyl groups excluding tert-OH is 5. The van der Waals surface area contributed by atoms with Gasteiger partial charge in [0.05, 0.1) is 25.4 Å². The van der Waals surface area contributed by atoms with Crippen LogP contribution in [-0.2, 0) is 23.8 Å². The summed E-state index contributed by atoms with van der Waals surface area (Å²) in [5.74, 6) is -1.26. The van der Waals surface area contributed by atoms with Gasteiger partial charge in [-0.2, -0.15) is 0 Å². The van der Waals surface area contributed by atoms with E-state index in [-0.39, 0.29) is 19.4 Å². The summed E-state index contributed by atoms with van der Waals surface area (Å²) in [6.45, 7) is 5.74. The van der Waals surface area contributed by atoms with Crippen LogP contribution in [0.1, 0.15) is 278 Å². The molecule has 0 aromatic carbocycles. The van der Waals surface area contributed by atoms with Crippen molar-refractivity contribution in [3.63, 3.8) is 0 Å². The average Bonchev–Trinajstić information content (AvgIpc) is 3.40.